The van der Waals surface area contributed by atoms with Gasteiger partial charge in [0.25, 0.3) is 5.91 Å². The number of phenols is 2. The van der Waals surface area contributed by atoms with Crippen LogP contribution in [0.4, 0.5) is 0 Å². The summed E-state index contributed by atoms with van der Waals surface area (Å²) < 4.78 is 0.947. The number of amides is 1. The quantitative estimate of drug-likeness (QED) is 0.490. The molecule has 94 valence electrons. The number of thioether (sulfide) groups is 1. The van der Waals surface area contributed by atoms with Crippen molar-refractivity contribution in [1.29, 1.82) is 0 Å². The van der Waals surface area contributed by atoms with E-state index in [1.165, 1.54) is 12.1 Å². The van der Waals surface area contributed by atoms with Crippen LogP contribution in [0.2, 0.25) is 0 Å². The Morgan fingerprint density at radius 2 is 2.00 bits per heavy atom. The van der Waals surface area contributed by atoms with Gasteiger partial charge in [0.1, 0.15) is 20.3 Å². The molecule has 0 aliphatic carbocycles. The highest BCUT2D eigenvalue weighted by molar-refractivity contribution is 9.11. The number of rotatable bonds is 1. The molecule has 0 aromatic heterocycles. The number of halogens is 2. The lowest BCUT2D eigenvalue weighted by Crippen LogP contribution is -2.17. The predicted molar refractivity (Wildman–Crippen MR) is 81.5 cm³/mol. The lowest BCUT2D eigenvalue weighted by molar-refractivity contribution is -0.115. The van der Waals surface area contributed by atoms with Crippen molar-refractivity contribution in [3.05, 3.63) is 25.5 Å². The molecule has 1 aromatic rings. The first-order chi connectivity index (χ1) is 8.40. The number of hydrogen-bond acceptors (Lipinski definition) is 5. The van der Waals surface area contributed by atoms with E-state index in [0.29, 0.717) is 19.3 Å². The summed E-state index contributed by atoms with van der Waals surface area (Å²) in [4.78, 5) is 11.9. The highest BCUT2D eigenvalue weighted by atomic mass is 79.9. The molecule has 4 nitrogen and oxygen atoms in total. The van der Waals surface area contributed by atoms with E-state index in [9.17, 15) is 15.0 Å². The molecule has 1 fully saturated rings. The van der Waals surface area contributed by atoms with Crippen LogP contribution in [0.25, 0.3) is 6.08 Å². The topological polar surface area (TPSA) is 69.6 Å². The van der Waals surface area contributed by atoms with Crippen molar-refractivity contribution in [2.45, 2.75) is 0 Å². The van der Waals surface area contributed by atoms with Crippen LogP contribution >= 0.6 is 55.8 Å². The van der Waals surface area contributed by atoms with Gasteiger partial charge in [-0.25, -0.2) is 0 Å². The molecule has 0 saturated carbocycles. The predicted octanol–water partition coefficient (Wildman–Crippen LogP) is 3.11. The maximum atomic E-state index is 11.5. The van der Waals surface area contributed by atoms with E-state index in [1.807, 2.05) is 0 Å². The van der Waals surface area contributed by atoms with Crippen LogP contribution in [-0.2, 0) is 4.79 Å². The van der Waals surface area contributed by atoms with Crippen molar-refractivity contribution in [1.82, 2.24) is 5.32 Å². The van der Waals surface area contributed by atoms with E-state index >= 15 is 0 Å². The molecule has 18 heavy (non-hydrogen) atoms. The van der Waals surface area contributed by atoms with Gasteiger partial charge in [-0.05, 0) is 44.0 Å². The van der Waals surface area contributed by atoms with Gasteiger partial charge in [-0.2, -0.15) is 0 Å². The Kier molecular flexibility index (Phi) is 4.00. The Balaban J connectivity index is 2.50. The minimum absolute atomic E-state index is 0.103. The Morgan fingerprint density at radius 3 is 2.56 bits per heavy atom. The van der Waals surface area contributed by atoms with Crippen molar-refractivity contribution in [2.24, 2.45) is 0 Å². The molecule has 1 aliphatic heterocycles. The second-order valence-electron chi connectivity index (χ2n) is 3.31. The molecular weight excluding hydrogens is 406 g/mol. The third kappa shape index (κ3) is 2.56. The zero-order chi connectivity index (χ0) is 13.4. The molecule has 8 heteroatoms. The van der Waals surface area contributed by atoms with Crippen molar-refractivity contribution < 1.29 is 15.0 Å². The Hall–Kier alpha value is -0.570. The van der Waals surface area contributed by atoms with Gasteiger partial charge >= 0.3 is 0 Å². The van der Waals surface area contributed by atoms with Crippen molar-refractivity contribution in [3.63, 3.8) is 0 Å². The standard InChI is InChI=1S/C10H5Br2NO3S2/c11-4-1-3(7(14)6(12)8(4)15)2-5-9(16)13-10(17)18-5/h1-2,14-15H,(H,13,16,17)/b5-2-. The second kappa shape index (κ2) is 5.20. The highest BCUT2D eigenvalue weighted by Crippen LogP contribution is 2.42. The number of nitrogens with one attached hydrogen (secondary N) is 1. The lowest BCUT2D eigenvalue weighted by Gasteiger charge is -2.06. The van der Waals surface area contributed by atoms with E-state index in [4.69, 9.17) is 12.2 Å². The molecule has 1 saturated heterocycles. The summed E-state index contributed by atoms with van der Waals surface area (Å²) >= 11 is 12.2. The molecule has 1 aliphatic rings. The molecule has 2 rings (SSSR count). The van der Waals surface area contributed by atoms with Crippen molar-refractivity contribution in [2.75, 3.05) is 0 Å². The van der Waals surface area contributed by atoms with Crippen LogP contribution in [-0.4, -0.2) is 20.4 Å². The summed E-state index contributed by atoms with van der Waals surface area (Å²) in [6.07, 6.45) is 1.50. The number of aromatic hydroxyl groups is 2. The van der Waals surface area contributed by atoms with Gasteiger partial charge < -0.3 is 15.5 Å². The zero-order valence-electron chi connectivity index (χ0n) is 8.53. The number of phenolic OH excluding ortho intramolecular Hbond substituents is 2. The zero-order valence-corrected chi connectivity index (χ0v) is 13.3. The fourth-order valence-electron chi connectivity index (χ4n) is 1.29. The second-order valence-corrected chi connectivity index (χ2v) is 6.68. The number of carbonyl (C=O) groups excluding carboxylic acids is 1. The minimum atomic E-state index is -0.301. The van der Waals surface area contributed by atoms with Crippen molar-refractivity contribution >= 4 is 72.1 Å². The molecule has 1 aromatic carbocycles. The van der Waals surface area contributed by atoms with Crippen LogP contribution in [0, 0.1) is 0 Å². The number of thiocarbonyl (C=S) groups is 1. The van der Waals surface area contributed by atoms with Crippen LogP contribution in [0.5, 0.6) is 11.5 Å². The van der Waals surface area contributed by atoms with Gasteiger partial charge in [0.2, 0.25) is 0 Å². The average molecular weight is 411 g/mol. The Morgan fingerprint density at radius 1 is 1.33 bits per heavy atom. The molecule has 1 heterocycles. The first-order valence-corrected chi connectivity index (χ1v) is 7.36. The van der Waals surface area contributed by atoms with E-state index in [-0.39, 0.29) is 21.9 Å². The van der Waals surface area contributed by atoms with Crippen LogP contribution < -0.4 is 5.32 Å². The molecule has 0 spiro atoms. The van der Waals surface area contributed by atoms with Gasteiger partial charge in [-0.1, -0.05) is 24.0 Å². The number of benzene rings is 1. The average Bonchev–Trinajstić information content (AvgIpc) is 2.62. The smallest absolute Gasteiger partial charge is 0.263 e. The molecular formula is C10H5Br2NO3S2. The van der Waals surface area contributed by atoms with Crippen LogP contribution in [0.3, 0.4) is 0 Å². The lowest BCUT2D eigenvalue weighted by atomic mass is 10.1. The van der Waals surface area contributed by atoms with E-state index in [2.05, 4.69) is 37.2 Å². The number of carbonyl (C=O) groups is 1. The van der Waals surface area contributed by atoms with Gasteiger partial charge in [0.05, 0.1) is 9.38 Å². The highest BCUT2D eigenvalue weighted by Gasteiger charge is 2.23. The first kappa shape index (κ1) is 13.9. The van der Waals surface area contributed by atoms with Crippen LogP contribution in [0.1, 0.15) is 5.56 Å². The largest absolute Gasteiger partial charge is 0.506 e. The summed E-state index contributed by atoms with van der Waals surface area (Å²) in [7, 11) is 0. The first-order valence-electron chi connectivity index (χ1n) is 4.55. The molecule has 3 N–H and O–H groups in total. The van der Waals surface area contributed by atoms with Gasteiger partial charge in [0.15, 0.2) is 0 Å². The van der Waals surface area contributed by atoms with E-state index in [0.717, 1.165) is 11.8 Å². The third-order valence-electron chi connectivity index (χ3n) is 2.13. The fourth-order valence-corrected chi connectivity index (χ4v) is 3.48. The molecule has 1 amide bonds. The monoisotopic (exact) mass is 409 g/mol. The Bertz CT molecular complexity index is 601. The van der Waals surface area contributed by atoms with Crippen LogP contribution in [0.15, 0.2) is 19.9 Å². The summed E-state index contributed by atoms with van der Waals surface area (Å²) in [5.74, 6) is -0.548. The molecule has 0 unspecified atom stereocenters. The molecule has 0 bridgehead atoms. The summed E-state index contributed by atoms with van der Waals surface area (Å²) in [6, 6.07) is 1.51. The minimum Gasteiger partial charge on any atom is -0.506 e. The molecule has 0 radical (unpaired) electrons. The van der Waals surface area contributed by atoms with E-state index < -0.39 is 0 Å². The Labute approximate surface area is 129 Å². The maximum absolute atomic E-state index is 11.5. The fraction of sp³-hybridized carbons (Fsp3) is 0. The van der Waals surface area contributed by atoms with Crippen molar-refractivity contribution in [3.8, 4) is 11.5 Å². The van der Waals surface area contributed by atoms with E-state index in [1.54, 1.807) is 0 Å². The summed E-state index contributed by atoms with van der Waals surface area (Å²) in [5.41, 5.74) is 0.397. The maximum Gasteiger partial charge on any atom is 0.263 e. The summed E-state index contributed by atoms with van der Waals surface area (Å²) in [6.45, 7) is 0. The van der Waals surface area contributed by atoms with Gasteiger partial charge in [0, 0.05) is 5.56 Å². The van der Waals surface area contributed by atoms with Gasteiger partial charge in [-0.15, -0.1) is 0 Å². The molecule has 0 atom stereocenters. The normalized spacial score (nSPS) is 17.3. The summed E-state index contributed by atoms with van der Waals surface area (Å²) in [5, 5.41) is 21.9. The third-order valence-corrected chi connectivity index (χ3v) is 4.64. The number of hydrogen-bond donors (Lipinski definition) is 3. The SMILES string of the molecule is O=C1NC(=S)S/C1=C\c1cc(Br)c(O)c(Br)c1O. The van der Waals surface area contributed by atoms with Gasteiger partial charge in [-0.3, -0.25) is 4.79 Å².